The molecule has 0 saturated heterocycles. The summed E-state index contributed by atoms with van der Waals surface area (Å²) >= 11 is 2.30. The van der Waals surface area contributed by atoms with Gasteiger partial charge in [-0.1, -0.05) is 53.7 Å². The Morgan fingerprint density at radius 2 is 1.36 bits per heavy atom. The van der Waals surface area contributed by atoms with Gasteiger partial charge in [0.25, 0.3) is 0 Å². The molecular weight excluding hydrogens is 523 g/mol. The number of hydrogen-bond donors (Lipinski definition) is 0. The maximum Gasteiger partial charge on any atom is 0.175 e. The molecule has 1 aliphatic rings. The van der Waals surface area contributed by atoms with Crippen molar-refractivity contribution in [3.8, 4) is 11.5 Å². The number of carbonyl (C=O) groups is 1. The van der Waals surface area contributed by atoms with E-state index in [2.05, 4.69) is 101 Å². The Morgan fingerprint density at radius 3 is 1.85 bits per heavy atom. The van der Waals surface area contributed by atoms with Crippen molar-refractivity contribution in [1.82, 2.24) is 0 Å². The molecule has 174 valence electrons. The number of benzene rings is 3. The normalized spacial score (nSPS) is 16.3. The van der Waals surface area contributed by atoms with Crippen LogP contribution in [0.2, 0.25) is 0 Å². The lowest BCUT2D eigenvalue weighted by atomic mass is 9.72. The first-order valence-corrected chi connectivity index (χ1v) is 12.5. The summed E-state index contributed by atoms with van der Waals surface area (Å²) in [6.45, 7) is 13.1. The highest BCUT2D eigenvalue weighted by atomic mass is 127. The van der Waals surface area contributed by atoms with Gasteiger partial charge in [0.1, 0.15) is 11.5 Å². The van der Waals surface area contributed by atoms with E-state index in [1.54, 1.807) is 14.2 Å². The van der Waals surface area contributed by atoms with E-state index in [1.165, 1.54) is 5.56 Å². The zero-order chi connectivity index (χ0) is 24.3. The van der Waals surface area contributed by atoms with Crippen molar-refractivity contribution in [3.05, 3.63) is 67.8 Å². The maximum atomic E-state index is 14.1. The summed E-state index contributed by atoms with van der Waals surface area (Å²) in [6, 6.07) is 12.7. The van der Waals surface area contributed by atoms with Gasteiger partial charge in [-0.2, -0.15) is 0 Å². The van der Waals surface area contributed by atoms with Gasteiger partial charge in [-0.05, 0) is 75.1 Å². The van der Waals surface area contributed by atoms with E-state index in [0.29, 0.717) is 17.7 Å². The number of Topliss-reactive ketones (excluding diaryl/α,β-unsaturated/α-hetero) is 1. The molecule has 4 rings (SSSR count). The van der Waals surface area contributed by atoms with E-state index in [1.807, 2.05) is 0 Å². The quantitative estimate of drug-likeness (QED) is 0.312. The molecule has 0 spiro atoms. The number of ketones is 1. The summed E-state index contributed by atoms with van der Waals surface area (Å²) in [5.74, 6) is 1.44. The van der Waals surface area contributed by atoms with Crippen LogP contribution in [0.4, 0.5) is 0 Å². The van der Waals surface area contributed by atoms with Crippen LogP contribution in [0.1, 0.15) is 80.1 Å². The molecule has 0 N–H and O–H groups in total. The molecule has 0 fully saturated rings. The third kappa shape index (κ3) is 4.05. The molecule has 1 aliphatic carbocycles. The average Bonchev–Trinajstić information content (AvgIpc) is 2.74. The minimum absolute atomic E-state index is 0.0994. The van der Waals surface area contributed by atoms with E-state index in [-0.39, 0.29) is 22.5 Å². The minimum Gasteiger partial charge on any atom is -0.496 e. The summed E-state index contributed by atoms with van der Waals surface area (Å²) in [7, 11) is 3.42. The fraction of sp³-hybridized carbons (Fsp3) is 0.414. The predicted molar refractivity (Wildman–Crippen MR) is 144 cm³/mol. The average molecular weight is 556 g/mol. The predicted octanol–water partition coefficient (Wildman–Crippen LogP) is 7.58. The lowest BCUT2D eigenvalue weighted by molar-refractivity contribution is 0.0954. The largest absolute Gasteiger partial charge is 0.496 e. The van der Waals surface area contributed by atoms with Crippen LogP contribution in [-0.4, -0.2) is 20.0 Å². The molecule has 4 heteroatoms. The van der Waals surface area contributed by atoms with E-state index in [4.69, 9.17) is 9.47 Å². The molecule has 0 aromatic heterocycles. The van der Waals surface area contributed by atoms with Crippen LogP contribution in [0.15, 0.2) is 36.4 Å². The molecular formula is C29H33IO3. The minimum atomic E-state index is -0.272. The van der Waals surface area contributed by atoms with E-state index >= 15 is 0 Å². The van der Waals surface area contributed by atoms with Crippen LogP contribution < -0.4 is 9.47 Å². The number of hydrogen-bond acceptors (Lipinski definition) is 3. The number of carbonyl (C=O) groups excluding carboxylic acids is 1. The number of rotatable bonds is 3. The molecule has 1 unspecified atom stereocenters. The third-order valence-corrected chi connectivity index (χ3v) is 7.42. The molecule has 0 radical (unpaired) electrons. The fourth-order valence-electron chi connectivity index (χ4n) is 5.05. The van der Waals surface area contributed by atoms with Crippen LogP contribution in [0.3, 0.4) is 0 Å². The van der Waals surface area contributed by atoms with Crippen LogP contribution in [-0.2, 0) is 17.3 Å². The van der Waals surface area contributed by atoms with Gasteiger partial charge in [0.05, 0.1) is 25.7 Å². The molecule has 3 nitrogen and oxygen atoms in total. The van der Waals surface area contributed by atoms with E-state index < -0.39 is 0 Å². The first kappa shape index (κ1) is 24.1. The van der Waals surface area contributed by atoms with Gasteiger partial charge in [-0.25, -0.2) is 0 Å². The van der Waals surface area contributed by atoms with Gasteiger partial charge in [0, 0.05) is 25.6 Å². The topological polar surface area (TPSA) is 35.5 Å². The van der Waals surface area contributed by atoms with Crippen LogP contribution in [0, 0.1) is 3.57 Å². The van der Waals surface area contributed by atoms with E-state index in [0.717, 1.165) is 36.8 Å². The summed E-state index contributed by atoms with van der Waals surface area (Å²) in [6.07, 6.45) is 0.619. The monoisotopic (exact) mass is 556 g/mol. The third-order valence-electron chi connectivity index (χ3n) is 6.70. The number of ether oxygens (including phenoxy) is 2. The van der Waals surface area contributed by atoms with Gasteiger partial charge in [0.2, 0.25) is 0 Å². The second kappa shape index (κ2) is 8.30. The highest BCUT2D eigenvalue weighted by Gasteiger charge is 2.38. The lowest BCUT2D eigenvalue weighted by Gasteiger charge is -2.33. The Morgan fingerprint density at radius 1 is 0.848 bits per heavy atom. The highest BCUT2D eigenvalue weighted by molar-refractivity contribution is 14.1. The molecule has 0 saturated carbocycles. The van der Waals surface area contributed by atoms with Gasteiger partial charge < -0.3 is 9.47 Å². The molecule has 3 aromatic carbocycles. The highest BCUT2D eigenvalue weighted by Crippen LogP contribution is 2.50. The lowest BCUT2D eigenvalue weighted by Crippen LogP contribution is -2.25. The van der Waals surface area contributed by atoms with Crippen molar-refractivity contribution >= 4 is 39.1 Å². The molecule has 33 heavy (non-hydrogen) atoms. The van der Waals surface area contributed by atoms with Gasteiger partial charge >= 0.3 is 0 Å². The van der Waals surface area contributed by atoms with Gasteiger partial charge in [-0.15, -0.1) is 0 Å². The molecule has 0 amide bonds. The Kier molecular flexibility index (Phi) is 6.05. The zero-order valence-electron chi connectivity index (χ0n) is 20.9. The number of methoxy groups -OCH3 is 2. The summed E-state index contributed by atoms with van der Waals surface area (Å²) < 4.78 is 13.2. The summed E-state index contributed by atoms with van der Waals surface area (Å²) in [5, 5.41) is 2.07. The second-order valence-electron chi connectivity index (χ2n) is 11.0. The molecule has 3 aromatic rings. The first-order chi connectivity index (χ1) is 15.4. The maximum absolute atomic E-state index is 14.1. The van der Waals surface area contributed by atoms with Crippen molar-refractivity contribution in [3.63, 3.8) is 0 Å². The van der Waals surface area contributed by atoms with Crippen molar-refractivity contribution < 1.29 is 14.3 Å². The van der Waals surface area contributed by atoms with Crippen LogP contribution in [0.25, 0.3) is 10.8 Å². The molecule has 0 bridgehead atoms. The van der Waals surface area contributed by atoms with Crippen molar-refractivity contribution in [2.24, 2.45) is 0 Å². The fourth-order valence-corrected chi connectivity index (χ4v) is 5.41. The SMILES string of the molecule is COc1c(C(C)(C)C)cc2cc(C(C)(C)C)c(OC)c3c2c1CC(c1ccc(I)cc1)C3=O. The molecule has 0 aliphatic heterocycles. The smallest absolute Gasteiger partial charge is 0.175 e. The Balaban J connectivity index is 2.15. The second-order valence-corrected chi connectivity index (χ2v) is 12.3. The molecule has 1 atom stereocenters. The summed E-state index contributed by atoms with van der Waals surface area (Å²) in [5.41, 5.74) is 4.79. The van der Waals surface area contributed by atoms with Gasteiger partial charge in [-0.3, -0.25) is 4.79 Å². The Labute approximate surface area is 211 Å². The summed E-state index contributed by atoms with van der Waals surface area (Å²) in [4.78, 5) is 14.1. The van der Waals surface area contributed by atoms with Crippen LogP contribution >= 0.6 is 22.6 Å². The zero-order valence-corrected chi connectivity index (χ0v) is 23.0. The van der Waals surface area contributed by atoms with Gasteiger partial charge in [0.15, 0.2) is 5.78 Å². The van der Waals surface area contributed by atoms with Crippen molar-refractivity contribution in [1.29, 1.82) is 0 Å². The first-order valence-electron chi connectivity index (χ1n) is 11.4. The van der Waals surface area contributed by atoms with Crippen molar-refractivity contribution in [2.75, 3.05) is 14.2 Å². The number of halogens is 1. The van der Waals surface area contributed by atoms with Crippen molar-refractivity contribution in [2.45, 2.75) is 64.7 Å². The standard InChI is InChI=1S/C29H33IO3/c1-28(2,3)21-13-17-14-22(29(4,5)6)27(33-8)24-23(17)20(26(21)32-7)15-19(25(24)31)16-9-11-18(30)12-10-16/h9-14,19H,15H2,1-8H3. The molecule has 0 heterocycles. The Bertz CT molecular complexity index is 1240. The van der Waals surface area contributed by atoms with E-state index in [9.17, 15) is 4.79 Å². The Hall–Kier alpha value is -2.08. The van der Waals surface area contributed by atoms with Crippen LogP contribution in [0.5, 0.6) is 11.5 Å².